The van der Waals surface area contributed by atoms with E-state index >= 15 is 0 Å². The van der Waals surface area contributed by atoms with Crippen molar-refractivity contribution in [3.63, 3.8) is 0 Å². The first kappa shape index (κ1) is 15.4. The largest absolute Gasteiger partial charge is 0.481 e. The molecule has 3 rings (SSSR count). The van der Waals surface area contributed by atoms with Gasteiger partial charge in [-0.15, -0.1) is 0 Å². The van der Waals surface area contributed by atoms with Crippen LogP contribution in [0.3, 0.4) is 0 Å². The molecule has 23 heavy (non-hydrogen) atoms. The van der Waals surface area contributed by atoms with E-state index in [1.807, 2.05) is 13.0 Å². The fourth-order valence-corrected chi connectivity index (χ4v) is 2.86. The van der Waals surface area contributed by atoms with Crippen LogP contribution >= 0.6 is 0 Å². The summed E-state index contributed by atoms with van der Waals surface area (Å²) in [6.07, 6.45) is 4.61. The molecule has 1 aliphatic carbocycles. The molecule has 1 saturated carbocycles. The number of furan rings is 2. The van der Waals surface area contributed by atoms with Crippen LogP contribution in [0.5, 0.6) is 0 Å². The molecule has 0 aliphatic heterocycles. The van der Waals surface area contributed by atoms with Crippen molar-refractivity contribution in [2.45, 2.75) is 45.2 Å². The summed E-state index contributed by atoms with van der Waals surface area (Å²) in [5.74, 6) is -0.298. The van der Waals surface area contributed by atoms with Gasteiger partial charge in [0.05, 0.1) is 24.1 Å². The summed E-state index contributed by atoms with van der Waals surface area (Å²) in [4.78, 5) is 25.8. The predicted octanol–water partition coefficient (Wildman–Crippen LogP) is 3.17. The molecule has 0 saturated heterocycles. The van der Waals surface area contributed by atoms with E-state index in [9.17, 15) is 9.59 Å². The summed E-state index contributed by atoms with van der Waals surface area (Å²) in [6.45, 7) is 3.67. The molecule has 0 spiro atoms. The lowest BCUT2D eigenvalue weighted by Gasteiger charge is -2.28. The van der Waals surface area contributed by atoms with E-state index in [0.717, 1.165) is 12.8 Å². The second-order valence-electron chi connectivity index (χ2n) is 5.92. The summed E-state index contributed by atoms with van der Waals surface area (Å²) in [6, 6.07) is 3.58. The molecule has 2 aromatic rings. The van der Waals surface area contributed by atoms with E-state index in [1.54, 1.807) is 24.2 Å². The zero-order chi connectivity index (χ0) is 16.6. The maximum Gasteiger partial charge on any atom is 0.311 e. The minimum absolute atomic E-state index is 0.162. The van der Waals surface area contributed by atoms with Gasteiger partial charge in [-0.2, -0.15) is 0 Å². The standard InChI is InChI=1S/C17H19NO5/c1-10-9-23-14(8-15(19)20)16(10)17(21)18(12-5-6-12)11(2)13-4-3-7-22-13/h3-4,7,9,11-12H,5-6,8H2,1-2H3,(H,19,20). The Balaban J connectivity index is 1.93. The topological polar surface area (TPSA) is 83.9 Å². The lowest BCUT2D eigenvalue weighted by Crippen LogP contribution is -2.36. The summed E-state index contributed by atoms with van der Waals surface area (Å²) in [5, 5.41) is 9.00. The van der Waals surface area contributed by atoms with Gasteiger partial charge in [-0.05, 0) is 38.8 Å². The summed E-state index contributed by atoms with van der Waals surface area (Å²) in [7, 11) is 0. The maximum atomic E-state index is 13.1. The molecule has 0 aromatic carbocycles. The zero-order valence-electron chi connectivity index (χ0n) is 13.1. The Morgan fingerprint density at radius 2 is 2.13 bits per heavy atom. The molecule has 1 unspecified atom stereocenters. The van der Waals surface area contributed by atoms with Crippen LogP contribution < -0.4 is 0 Å². The minimum Gasteiger partial charge on any atom is -0.481 e. The Bertz CT molecular complexity index is 711. The number of carboxylic acids is 1. The average molecular weight is 317 g/mol. The molecule has 6 heteroatoms. The van der Waals surface area contributed by atoms with Gasteiger partial charge >= 0.3 is 5.97 Å². The third kappa shape index (κ3) is 3.02. The quantitative estimate of drug-likeness (QED) is 0.884. The number of aryl methyl sites for hydroxylation is 1. The van der Waals surface area contributed by atoms with Crippen molar-refractivity contribution < 1.29 is 23.5 Å². The number of carbonyl (C=O) groups is 2. The van der Waals surface area contributed by atoms with Crippen molar-refractivity contribution >= 4 is 11.9 Å². The fourth-order valence-electron chi connectivity index (χ4n) is 2.86. The van der Waals surface area contributed by atoms with Crippen LogP contribution in [0.2, 0.25) is 0 Å². The number of hydrogen-bond acceptors (Lipinski definition) is 4. The van der Waals surface area contributed by atoms with Crippen LogP contribution in [0.25, 0.3) is 0 Å². The number of rotatable bonds is 6. The molecule has 1 aliphatic rings. The predicted molar refractivity (Wildman–Crippen MR) is 81.1 cm³/mol. The van der Waals surface area contributed by atoms with Gasteiger partial charge in [0.1, 0.15) is 17.9 Å². The molecule has 6 nitrogen and oxygen atoms in total. The molecular formula is C17H19NO5. The Morgan fingerprint density at radius 1 is 1.39 bits per heavy atom. The Morgan fingerprint density at radius 3 is 2.70 bits per heavy atom. The molecule has 1 amide bonds. The molecule has 2 aromatic heterocycles. The zero-order valence-corrected chi connectivity index (χ0v) is 13.1. The first-order valence-corrected chi connectivity index (χ1v) is 7.64. The third-order valence-corrected chi connectivity index (χ3v) is 4.12. The van der Waals surface area contributed by atoms with Gasteiger partial charge in [-0.1, -0.05) is 0 Å². The SMILES string of the molecule is Cc1coc(CC(=O)O)c1C(=O)N(C1CC1)C(C)c1ccco1. The van der Waals surface area contributed by atoms with Crippen molar-refractivity contribution in [1.29, 1.82) is 0 Å². The number of hydrogen-bond donors (Lipinski definition) is 1. The second kappa shape index (κ2) is 5.95. The summed E-state index contributed by atoms with van der Waals surface area (Å²) >= 11 is 0. The van der Waals surface area contributed by atoms with Crippen molar-refractivity contribution in [2.24, 2.45) is 0 Å². The van der Waals surface area contributed by atoms with E-state index in [2.05, 4.69) is 0 Å². The van der Waals surface area contributed by atoms with Crippen LogP contribution in [0.1, 0.15) is 53.2 Å². The highest BCUT2D eigenvalue weighted by Gasteiger charge is 2.39. The number of carboxylic acid groups (broad SMARTS) is 1. The lowest BCUT2D eigenvalue weighted by atomic mass is 10.1. The van der Waals surface area contributed by atoms with Crippen LogP contribution in [-0.2, 0) is 11.2 Å². The van der Waals surface area contributed by atoms with Gasteiger partial charge in [0, 0.05) is 11.6 Å². The first-order valence-electron chi connectivity index (χ1n) is 7.64. The van der Waals surface area contributed by atoms with E-state index in [1.165, 1.54) is 6.26 Å². The number of carbonyl (C=O) groups excluding carboxylic acids is 1. The fraction of sp³-hybridized carbons (Fsp3) is 0.412. The van der Waals surface area contributed by atoms with Crippen molar-refractivity contribution in [3.8, 4) is 0 Å². The van der Waals surface area contributed by atoms with E-state index in [4.69, 9.17) is 13.9 Å². The summed E-state index contributed by atoms with van der Waals surface area (Å²) < 4.78 is 10.7. The van der Waals surface area contributed by atoms with Crippen LogP contribution in [-0.4, -0.2) is 27.9 Å². The highest BCUT2D eigenvalue weighted by atomic mass is 16.4. The first-order chi connectivity index (χ1) is 11.0. The molecule has 1 atom stereocenters. The number of amides is 1. The van der Waals surface area contributed by atoms with Gasteiger partial charge in [0.25, 0.3) is 5.91 Å². The van der Waals surface area contributed by atoms with E-state index in [-0.39, 0.29) is 30.2 Å². The molecule has 122 valence electrons. The molecule has 1 fully saturated rings. The van der Waals surface area contributed by atoms with Crippen molar-refractivity contribution in [2.75, 3.05) is 0 Å². The highest BCUT2D eigenvalue weighted by Crippen LogP contribution is 2.37. The minimum atomic E-state index is -1.02. The maximum absolute atomic E-state index is 13.1. The molecule has 2 heterocycles. The van der Waals surface area contributed by atoms with E-state index in [0.29, 0.717) is 16.9 Å². The Labute approximate surface area is 133 Å². The number of nitrogens with zero attached hydrogens (tertiary/aromatic N) is 1. The smallest absolute Gasteiger partial charge is 0.311 e. The van der Waals surface area contributed by atoms with Crippen LogP contribution in [0.15, 0.2) is 33.5 Å². The normalized spacial score (nSPS) is 15.4. The van der Waals surface area contributed by atoms with Crippen LogP contribution in [0, 0.1) is 6.92 Å². The molecule has 0 radical (unpaired) electrons. The van der Waals surface area contributed by atoms with Gasteiger partial charge in [-0.3, -0.25) is 9.59 Å². The van der Waals surface area contributed by atoms with Crippen molar-refractivity contribution in [3.05, 3.63) is 47.3 Å². The number of aliphatic carboxylic acids is 1. The monoisotopic (exact) mass is 317 g/mol. The average Bonchev–Trinajstić information content (AvgIpc) is 3.03. The van der Waals surface area contributed by atoms with Gasteiger partial charge in [0.15, 0.2) is 0 Å². The van der Waals surface area contributed by atoms with E-state index < -0.39 is 5.97 Å². The Kier molecular flexibility index (Phi) is 3.98. The molecule has 0 bridgehead atoms. The highest BCUT2D eigenvalue weighted by molar-refractivity contribution is 5.98. The lowest BCUT2D eigenvalue weighted by molar-refractivity contribution is -0.136. The van der Waals surface area contributed by atoms with Crippen LogP contribution in [0.4, 0.5) is 0 Å². The summed E-state index contributed by atoms with van der Waals surface area (Å²) in [5.41, 5.74) is 1.02. The Hall–Kier alpha value is -2.50. The van der Waals surface area contributed by atoms with Gasteiger partial charge in [-0.25, -0.2) is 0 Å². The molecule has 1 N–H and O–H groups in total. The van der Waals surface area contributed by atoms with Gasteiger partial charge < -0.3 is 18.8 Å². The molecular weight excluding hydrogens is 298 g/mol. The second-order valence-corrected chi connectivity index (χ2v) is 5.92. The third-order valence-electron chi connectivity index (χ3n) is 4.12. The van der Waals surface area contributed by atoms with Crippen molar-refractivity contribution in [1.82, 2.24) is 4.90 Å². The van der Waals surface area contributed by atoms with Gasteiger partial charge in [0.2, 0.25) is 0 Å².